The van der Waals surface area contributed by atoms with Gasteiger partial charge >= 0.3 is 0 Å². The first-order valence-corrected chi connectivity index (χ1v) is 8.26. The fourth-order valence-electron chi connectivity index (χ4n) is 2.06. The Hall–Kier alpha value is -1.66. The van der Waals surface area contributed by atoms with Crippen molar-refractivity contribution in [2.24, 2.45) is 0 Å². The van der Waals surface area contributed by atoms with Gasteiger partial charge in [0.25, 0.3) is 0 Å². The number of amides is 2. The first kappa shape index (κ1) is 20.4. The molecule has 0 spiro atoms. The third kappa shape index (κ3) is 7.27. The molecule has 2 N–H and O–H groups in total. The largest absolute Gasteiger partial charge is 0.381 e. The Morgan fingerprint density at radius 1 is 1.33 bits per heavy atom. The predicted molar refractivity (Wildman–Crippen MR) is 91.4 cm³/mol. The molecule has 0 fully saturated rings. The van der Waals surface area contributed by atoms with Gasteiger partial charge in [-0.25, -0.2) is 4.39 Å². The van der Waals surface area contributed by atoms with E-state index in [1.807, 2.05) is 13.8 Å². The monoisotopic (exact) mass is 358 g/mol. The molecular formula is C17H24ClFN2O3. The van der Waals surface area contributed by atoms with E-state index >= 15 is 0 Å². The van der Waals surface area contributed by atoms with E-state index in [9.17, 15) is 14.0 Å². The molecule has 24 heavy (non-hydrogen) atoms. The van der Waals surface area contributed by atoms with Gasteiger partial charge in [0.1, 0.15) is 5.82 Å². The zero-order chi connectivity index (χ0) is 18.1. The normalized spacial score (nSPS) is 13.2. The summed E-state index contributed by atoms with van der Waals surface area (Å²) >= 11 is 5.62. The molecule has 134 valence electrons. The van der Waals surface area contributed by atoms with Crippen molar-refractivity contribution in [3.63, 3.8) is 0 Å². The molecule has 0 aliphatic heterocycles. The summed E-state index contributed by atoms with van der Waals surface area (Å²) in [6.45, 7) is 4.06. The molecule has 0 bridgehead atoms. The summed E-state index contributed by atoms with van der Waals surface area (Å²) in [5, 5.41) is 5.63. The maximum atomic E-state index is 13.4. The van der Waals surface area contributed by atoms with Crippen molar-refractivity contribution in [3.8, 4) is 0 Å². The summed E-state index contributed by atoms with van der Waals surface area (Å²) in [5.74, 6) is -0.909. The topological polar surface area (TPSA) is 67.4 Å². The first-order valence-electron chi connectivity index (χ1n) is 7.88. The number of methoxy groups -OCH3 is 1. The molecule has 0 saturated carbocycles. The molecule has 1 aromatic carbocycles. The van der Waals surface area contributed by atoms with Crippen LogP contribution in [0.1, 0.15) is 32.3 Å². The fraction of sp³-hybridized carbons (Fsp3) is 0.529. The zero-order valence-corrected chi connectivity index (χ0v) is 15.0. The number of carbonyl (C=O) groups excluding carboxylic acids is 2. The second-order valence-electron chi connectivity index (χ2n) is 5.65. The number of hydrogen-bond donors (Lipinski definition) is 2. The van der Waals surface area contributed by atoms with Crippen LogP contribution in [0.5, 0.6) is 0 Å². The van der Waals surface area contributed by atoms with Crippen LogP contribution in [0.25, 0.3) is 0 Å². The van der Waals surface area contributed by atoms with Crippen molar-refractivity contribution < 1.29 is 18.7 Å². The lowest BCUT2D eigenvalue weighted by Gasteiger charge is -2.18. The summed E-state index contributed by atoms with van der Waals surface area (Å²) in [4.78, 5) is 23.8. The minimum absolute atomic E-state index is 0.0265. The average Bonchev–Trinajstić information content (AvgIpc) is 2.54. The van der Waals surface area contributed by atoms with Crippen LogP contribution in [-0.2, 0) is 20.7 Å². The van der Waals surface area contributed by atoms with Gasteiger partial charge in [-0.1, -0.05) is 24.6 Å². The fourth-order valence-corrected chi connectivity index (χ4v) is 2.18. The molecule has 0 saturated heterocycles. The van der Waals surface area contributed by atoms with Gasteiger partial charge in [-0.15, -0.1) is 0 Å². The molecule has 2 unspecified atom stereocenters. The predicted octanol–water partition coefficient (Wildman–Crippen LogP) is 2.46. The molecule has 1 aromatic rings. The van der Waals surface area contributed by atoms with Crippen LogP contribution in [0.2, 0.25) is 5.02 Å². The van der Waals surface area contributed by atoms with E-state index in [1.54, 1.807) is 13.2 Å². The highest BCUT2D eigenvalue weighted by Gasteiger charge is 2.14. The van der Waals surface area contributed by atoms with Gasteiger partial charge in [0.2, 0.25) is 11.8 Å². The summed E-state index contributed by atoms with van der Waals surface area (Å²) in [5.41, 5.74) is 0.544. The maximum absolute atomic E-state index is 13.4. The lowest BCUT2D eigenvalue weighted by Crippen LogP contribution is -2.44. The molecule has 0 aromatic heterocycles. The van der Waals surface area contributed by atoms with Gasteiger partial charge in [-0.2, -0.15) is 0 Å². The van der Waals surface area contributed by atoms with Crippen LogP contribution in [0.15, 0.2) is 18.2 Å². The highest BCUT2D eigenvalue weighted by Crippen LogP contribution is 2.15. The van der Waals surface area contributed by atoms with Crippen molar-refractivity contribution in [2.75, 3.05) is 13.7 Å². The number of halogens is 2. The van der Waals surface area contributed by atoms with Crippen LogP contribution < -0.4 is 10.6 Å². The van der Waals surface area contributed by atoms with Gasteiger partial charge in [0.05, 0.1) is 24.0 Å². The zero-order valence-electron chi connectivity index (χ0n) is 14.2. The first-order chi connectivity index (χ1) is 11.3. The van der Waals surface area contributed by atoms with Crippen LogP contribution in [-0.4, -0.2) is 37.6 Å². The highest BCUT2D eigenvalue weighted by atomic mass is 35.5. The van der Waals surface area contributed by atoms with E-state index in [0.717, 1.165) is 0 Å². The molecule has 0 aliphatic carbocycles. The molecular weight excluding hydrogens is 335 g/mol. The molecule has 5 nitrogen and oxygen atoms in total. The van der Waals surface area contributed by atoms with E-state index in [-0.39, 0.29) is 41.8 Å². The van der Waals surface area contributed by atoms with E-state index < -0.39 is 5.82 Å². The Kier molecular flexibility index (Phi) is 8.71. The summed E-state index contributed by atoms with van der Waals surface area (Å²) in [6, 6.07) is 4.10. The molecule has 0 heterocycles. The molecule has 2 amide bonds. The number of rotatable bonds is 9. The van der Waals surface area contributed by atoms with E-state index in [0.29, 0.717) is 18.5 Å². The Morgan fingerprint density at radius 2 is 2.04 bits per heavy atom. The number of nitrogens with one attached hydrogen (secondary N) is 2. The van der Waals surface area contributed by atoms with Crippen molar-refractivity contribution in [2.45, 2.75) is 45.3 Å². The Labute approximate surface area is 146 Å². The highest BCUT2D eigenvalue weighted by molar-refractivity contribution is 6.30. The van der Waals surface area contributed by atoms with Crippen molar-refractivity contribution in [1.82, 2.24) is 10.6 Å². The number of benzene rings is 1. The summed E-state index contributed by atoms with van der Waals surface area (Å²) in [7, 11) is 1.55. The van der Waals surface area contributed by atoms with E-state index in [2.05, 4.69) is 10.6 Å². The van der Waals surface area contributed by atoms with E-state index in [4.69, 9.17) is 16.3 Å². The maximum Gasteiger partial charge on any atom is 0.224 e. The Bertz CT molecular complexity index is 569. The molecule has 0 aliphatic rings. The standard InChI is InChI=1S/C17H24ClFN2O3/c1-4-13(10-20-16(22)7-11(2)24-3)21-17(23)9-12-5-6-14(18)15(19)8-12/h5-6,8,11,13H,4,7,9-10H2,1-3H3,(H,20,22)(H,21,23). The number of carbonyl (C=O) groups is 2. The van der Waals surface area contributed by atoms with Crippen LogP contribution in [0, 0.1) is 5.82 Å². The van der Waals surface area contributed by atoms with Gasteiger partial charge in [0.15, 0.2) is 0 Å². The molecule has 0 radical (unpaired) electrons. The smallest absolute Gasteiger partial charge is 0.224 e. The molecule has 7 heteroatoms. The quantitative estimate of drug-likeness (QED) is 0.712. The number of ether oxygens (including phenoxy) is 1. The Morgan fingerprint density at radius 3 is 2.62 bits per heavy atom. The van der Waals surface area contributed by atoms with Gasteiger partial charge in [0, 0.05) is 19.7 Å². The van der Waals surface area contributed by atoms with Gasteiger partial charge < -0.3 is 15.4 Å². The number of hydrogen-bond acceptors (Lipinski definition) is 3. The SMILES string of the molecule is CCC(CNC(=O)CC(C)OC)NC(=O)Cc1ccc(Cl)c(F)c1. The second-order valence-corrected chi connectivity index (χ2v) is 6.06. The van der Waals surface area contributed by atoms with E-state index in [1.165, 1.54) is 12.1 Å². The average molecular weight is 359 g/mol. The Balaban J connectivity index is 2.44. The summed E-state index contributed by atoms with van der Waals surface area (Å²) in [6.07, 6.45) is 0.838. The summed E-state index contributed by atoms with van der Waals surface area (Å²) < 4.78 is 18.4. The second kappa shape index (κ2) is 10.3. The molecule has 2 atom stereocenters. The van der Waals surface area contributed by atoms with Gasteiger partial charge in [-0.3, -0.25) is 9.59 Å². The van der Waals surface area contributed by atoms with Crippen molar-refractivity contribution in [3.05, 3.63) is 34.6 Å². The minimum Gasteiger partial charge on any atom is -0.381 e. The lowest BCUT2D eigenvalue weighted by atomic mass is 10.1. The van der Waals surface area contributed by atoms with Crippen molar-refractivity contribution in [1.29, 1.82) is 0 Å². The van der Waals surface area contributed by atoms with Gasteiger partial charge in [-0.05, 0) is 31.0 Å². The molecule has 1 rings (SSSR count). The van der Waals surface area contributed by atoms with Crippen molar-refractivity contribution >= 4 is 23.4 Å². The van der Waals surface area contributed by atoms with Crippen LogP contribution in [0.4, 0.5) is 4.39 Å². The lowest BCUT2D eigenvalue weighted by molar-refractivity contribution is -0.124. The third-order valence-corrected chi connectivity index (χ3v) is 3.93. The van der Waals surface area contributed by atoms with Crippen LogP contribution in [0.3, 0.4) is 0 Å². The minimum atomic E-state index is -0.548. The third-order valence-electron chi connectivity index (χ3n) is 3.63. The van der Waals surface area contributed by atoms with Crippen LogP contribution >= 0.6 is 11.6 Å².